The molecule has 6 heteroatoms. The lowest BCUT2D eigenvalue weighted by molar-refractivity contribution is -0.643. The van der Waals surface area contributed by atoms with E-state index in [2.05, 4.69) is 0 Å². The van der Waals surface area contributed by atoms with Gasteiger partial charge in [-0.2, -0.15) is 8.42 Å². The highest BCUT2D eigenvalue weighted by Crippen LogP contribution is 2.22. The highest BCUT2D eigenvalue weighted by Gasteiger charge is 2.18. The second-order valence-corrected chi connectivity index (χ2v) is 6.12. The Labute approximate surface area is 131 Å². The van der Waals surface area contributed by atoms with Gasteiger partial charge in [-0.25, -0.2) is 0 Å². The Hall–Kier alpha value is -1.56. The van der Waals surface area contributed by atoms with Gasteiger partial charge >= 0.3 is 10.1 Å². The van der Waals surface area contributed by atoms with E-state index in [1.807, 2.05) is 31.4 Å². The van der Waals surface area contributed by atoms with Crippen molar-refractivity contribution >= 4 is 10.1 Å². The van der Waals surface area contributed by atoms with Crippen molar-refractivity contribution < 1.29 is 30.3 Å². The quantitative estimate of drug-likeness (QED) is 0.677. The van der Waals surface area contributed by atoms with E-state index in [4.69, 9.17) is 4.18 Å². The zero-order valence-electron chi connectivity index (χ0n) is 11.9. The SMILES string of the molecule is C[NH2+]Cc1ccccc1OS(=O)(=O)c1ccc(C)cc1.[Cl-]. The summed E-state index contributed by atoms with van der Waals surface area (Å²) in [6, 6.07) is 13.8. The molecular formula is C15H18ClNO3S. The summed E-state index contributed by atoms with van der Waals surface area (Å²) >= 11 is 0. The Morgan fingerprint density at radius 1 is 1.05 bits per heavy atom. The van der Waals surface area contributed by atoms with Gasteiger partial charge in [-0.1, -0.05) is 29.8 Å². The molecule has 0 aliphatic rings. The van der Waals surface area contributed by atoms with Crippen molar-refractivity contribution in [3.8, 4) is 5.75 Å². The van der Waals surface area contributed by atoms with E-state index in [1.54, 1.807) is 36.4 Å². The zero-order valence-corrected chi connectivity index (χ0v) is 13.5. The van der Waals surface area contributed by atoms with Crippen molar-refractivity contribution in [3.63, 3.8) is 0 Å². The van der Waals surface area contributed by atoms with Crippen LogP contribution in [-0.4, -0.2) is 15.5 Å². The average molecular weight is 328 g/mol. The molecule has 2 aromatic rings. The van der Waals surface area contributed by atoms with E-state index in [-0.39, 0.29) is 17.3 Å². The third-order valence-electron chi connectivity index (χ3n) is 2.91. The first-order valence-corrected chi connectivity index (χ1v) is 7.80. The maximum Gasteiger partial charge on any atom is 0.339 e. The van der Waals surface area contributed by atoms with Gasteiger partial charge in [0, 0.05) is 5.56 Å². The number of hydrogen-bond donors (Lipinski definition) is 1. The van der Waals surface area contributed by atoms with Gasteiger partial charge in [0.2, 0.25) is 0 Å². The van der Waals surface area contributed by atoms with Crippen LogP contribution >= 0.6 is 0 Å². The third kappa shape index (κ3) is 4.46. The topological polar surface area (TPSA) is 60.0 Å². The molecule has 0 fully saturated rings. The van der Waals surface area contributed by atoms with Crippen LogP contribution in [0.5, 0.6) is 5.75 Å². The van der Waals surface area contributed by atoms with E-state index < -0.39 is 10.1 Å². The molecule has 114 valence electrons. The number of hydrogen-bond acceptors (Lipinski definition) is 3. The summed E-state index contributed by atoms with van der Waals surface area (Å²) in [5, 5.41) is 1.96. The first kappa shape index (κ1) is 17.5. The van der Waals surface area contributed by atoms with E-state index in [1.165, 1.54) is 0 Å². The van der Waals surface area contributed by atoms with Gasteiger partial charge in [0.05, 0.1) is 7.05 Å². The summed E-state index contributed by atoms with van der Waals surface area (Å²) in [6.07, 6.45) is 0. The minimum Gasteiger partial charge on any atom is -1.00 e. The monoisotopic (exact) mass is 327 g/mol. The molecule has 2 rings (SSSR count). The van der Waals surface area contributed by atoms with E-state index in [0.29, 0.717) is 12.3 Å². The van der Waals surface area contributed by atoms with Crippen LogP contribution in [0.25, 0.3) is 0 Å². The predicted molar refractivity (Wildman–Crippen MR) is 77.0 cm³/mol. The van der Waals surface area contributed by atoms with Crippen LogP contribution in [-0.2, 0) is 16.7 Å². The van der Waals surface area contributed by atoms with Crippen molar-refractivity contribution in [2.75, 3.05) is 7.05 Å². The van der Waals surface area contributed by atoms with Crippen LogP contribution in [0.3, 0.4) is 0 Å². The highest BCUT2D eigenvalue weighted by molar-refractivity contribution is 7.87. The first-order valence-electron chi connectivity index (χ1n) is 6.40. The van der Waals surface area contributed by atoms with Gasteiger partial charge in [0.15, 0.2) is 5.75 Å². The number of halogens is 1. The van der Waals surface area contributed by atoms with Gasteiger partial charge in [0.1, 0.15) is 11.4 Å². The Morgan fingerprint density at radius 2 is 1.67 bits per heavy atom. The highest BCUT2D eigenvalue weighted by atomic mass is 35.5. The fourth-order valence-electron chi connectivity index (χ4n) is 1.84. The van der Waals surface area contributed by atoms with Gasteiger partial charge in [-0.05, 0) is 31.2 Å². The summed E-state index contributed by atoms with van der Waals surface area (Å²) < 4.78 is 29.7. The van der Waals surface area contributed by atoms with E-state index in [9.17, 15) is 8.42 Å². The molecule has 2 N–H and O–H groups in total. The third-order valence-corrected chi connectivity index (χ3v) is 4.15. The van der Waals surface area contributed by atoms with Gasteiger partial charge in [0.25, 0.3) is 0 Å². The second-order valence-electron chi connectivity index (χ2n) is 4.57. The van der Waals surface area contributed by atoms with Crippen LogP contribution in [0, 0.1) is 6.92 Å². The predicted octanol–water partition coefficient (Wildman–Crippen LogP) is -1.54. The maximum absolute atomic E-state index is 12.2. The molecule has 0 aliphatic carbocycles. The lowest BCUT2D eigenvalue weighted by Crippen LogP contribution is -3.00. The summed E-state index contributed by atoms with van der Waals surface area (Å²) in [5.74, 6) is 0.381. The maximum atomic E-state index is 12.2. The molecule has 0 heterocycles. The molecule has 0 bridgehead atoms. The fourth-order valence-corrected chi connectivity index (χ4v) is 2.81. The number of para-hydroxylation sites is 1. The van der Waals surface area contributed by atoms with E-state index >= 15 is 0 Å². The zero-order chi connectivity index (χ0) is 14.6. The molecule has 0 radical (unpaired) electrons. The molecule has 0 unspecified atom stereocenters. The smallest absolute Gasteiger partial charge is 0.339 e. The summed E-state index contributed by atoms with van der Waals surface area (Å²) in [4.78, 5) is 0.165. The van der Waals surface area contributed by atoms with Crippen molar-refractivity contribution in [2.24, 2.45) is 0 Å². The van der Waals surface area contributed by atoms with Crippen LogP contribution in [0.2, 0.25) is 0 Å². The number of rotatable bonds is 5. The van der Waals surface area contributed by atoms with Crippen molar-refractivity contribution in [2.45, 2.75) is 18.4 Å². The van der Waals surface area contributed by atoms with Crippen molar-refractivity contribution in [1.82, 2.24) is 0 Å². The molecule has 4 nitrogen and oxygen atoms in total. The second kappa shape index (κ2) is 7.45. The molecule has 0 amide bonds. The Kier molecular flexibility index (Phi) is 6.20. The lowest BCUT2D eigenvalue weighted by atomic mass is 10.2. The minimum atomic E-state index is -3.78. The Balaban J connectivity index is 0.00000220. The standard InChI is InChI=1S/C15H17NO3S.ClH/c1-12-7-9-14(10-8-12)20(17,18)19-15-6-4-3-5-13(15)11-16-2;/h3-10,16H,11H2,1-2H3;1H. The normalized spacial score (nSPS) is 10.8. The number of nitrogens with two attached hydrogens (primary N) is 1. The average Bonchev–Trinajstić information content (AvgIpc) is 2.41. The summed E-state index contributed by atoms with van der Waals surface area (Å²) in [6.45, 7) is 2.57. The first-order chi connectivity index (χ1) is 9.53. The minimum absolute atomic E-state index is 0. The van der Waals surface area contributed by atoms with Gasteiger partial charge < -0.3 is 21.9 Å². The van der Waals surface area contributed by atoms with Crippen molar-refractivity contribution in [1.29, 1.82) is 0 Å². The molecule has 21 heavy (non-hydrogen) atoms. The molecule has 0 saturated heterocycles. The van der Waals surface area contributed by atoms with E-state index in [0.717, 1.165) is 11.1 Å². The molecule has 0 spiro atoms. The summed E-state index contributed by atoms with van der Waals surface area (Å²) in [7, 11) is -1.86. The molecule has 0 aromatic heterocycles. The largest absolute Gasteiger partial charge is 1.00 e. The Bertz CT molecular complexity index is 684. The van der Waals surface area contributed by atoms with Gasteiger partial charge in [-0.15, -0.1) is 0 Å². The number of quaternary nitrogens is 1. The van der Waals surface area contributed by atoms with Crippen LogP contribution in [0.1, 0.15) is 11.1 Å². The molecule has 0 saturated carbocycles. The molecule has 0 atom stereocenters. The lowest BCUT2D eigenvalue weighted by Gasteiger charge is -2.10. The Morgan fingerprint density at radius 3 is 2.29 bits per heavy atom. The molecule has 2 aromatic carbocycles. The summed E-state index contributed by atoms with van der Waals surface area (Å²) in [5.41, 5.74) is 1.86. The van der Waals surface area contributed by atoms with Crippen LogP contribution in [0.15, 0.2) is 53.4 Å². The fraction of sp³-hybridized carbons (Fsp3) is 0.200. The van der Waals surface area contributed by atoms with Gasteiger partial charge in [-0.3, -0.25) is 0 Å². The number of aryl methyl sites for hydroxylation is 1. The van der Waals surface area contributed by atoms with Crippen molar-refractivity contribution in [3.05, 3.63) is 59.7 Å². The molecular weight excluding hydrogens is 310 g/mol. The van der Waals surface area contributed by atoms with Crippen LogP contribution in [0.4, 0.5) is 0 Å². The molecule has 0 aliphatic heterocycles. The number of benzene rings is 2. The van der Waals surface area contributed by atoms with Crippen LogP contribution < -0.4 is 21.9 Å².